The van der Waals surface area contributed by atoms with Crippen LogP contribution in [0.25, 0.3) is 0 Å². The molecule has 1 atom stereocenters. The molecule has 0 fully saturated rings. The second-order valence-corrected chi connectivity index (χ2v) is 8.84. The van der Waals surface area contributed by atoms with Crippen LogP contribution in [0.4, 0.5) is 0 Å². The number of nitrogens with two attached hydrogens (primary N) is 1. The van der Waals surface area contributed by atoms with Crippen molar-refractivity contribution in [3.8, 4) is 0 Å². The van der Waals surface area contributed by atoms with E-state index in [4.69, 9.17) is 17.3 Å². The minimum atomic E-state index is -0.0764. The van der Waals surface area contributed by atoms with Crippen LogP contribution < -0.4 is 11.9 Å². The van der Waals surface area contributed by atoms with Crippen LogP contribution >= 0.6 is 11.6 Å². The summed E-state index contributed by atoms with van der Waals surface area (Å²) in [5.74, 6) is 0.621. The molecule has 0 aromatic carbocycles. The van der Waals surface area contributed by atoms with E-state index in [0.29, 0.717) is 5.92 Å². The molecule has 0 rings (SSSR count). The van der Waals surface area contributed by atoms with E-state index in [1.807, 2.05) is 0 Å². The van der Waals surface area contributed by atoms with Crippen LogP contribution in [0.15, 0.2) is 0 Å². The third-order valence-corrected chi connectivity index (χ3v) is 5.44. The van der Waals surface area contributed by atoms with E-state index in [1.165, 1.54) is 89.9 Å². The van der Waals surface area contributed by atoms with Gasteiger partial charge in [-0.1, -0.05) is 84.0 Å². The fourth-order valence-corrected chi connectivity index (χ4v) is 3.64. The first-order valence-corrected chi connectivity index (χ1v) is 10.8. The van der Waals surface area contributed by atoms with Gasteiger partial charge in [-0.25, -0.2) is 0 Å². The van der Waals surface area contributed by atoms with Gasteiger partial charge in [0.15, 0.2) is 0 Å². The van der Waals surface area contributed by atoms with E-state index in [0.717, 1.165) is 13.0 Å². The molecule has 5 N–H and O–H groups in total. The lowest BCUT2D eigenvalue weighted by Crippen LogP contribution is -2.25. The molecular weight excluding hydrogens is 316 g/mol. The highest BCUT2D eigenvalue weighted by Crippen LogP contribution is 2.32. The summed E-state index contributed by atoms with van der Waals surface area (Å²) < 4.78 is 0. The summed E-state index contributed by atoms with van der Waals surface area (Å²) >= 11 is 6.54. The van der Waals surface area contributed by atoms with Crippen molar-refractivity contribution in [1.82, 2.24) is 6.15 Å². The standard InChI is InChI=1S/C21H44ClN.H3N/c1-4-5-6-7-8-9-10-11-12-13-14-15-17-20(18-16-19-23)21(2,3)22;/h20H,4-19,23H2,1-3H3;1H3. The second-order valence-electron chi connectivity index (χ2n) is 7.87. The summed E-state index contributed by atoms with van der Waals surface area (Å²) in [5, 5.41) is 0. The van der Waals surface area contributed by atoms with Crippen molar-refractivity contribution in [1.29, 1.82) is 0 Å². The van der Waals surface area contributed by atoms with Gasteiger partial charge in [0.25, 0.3) is 0 Å². The average molecular weight is 363 g/mol. The molecule has 0 radical (unpaired) electrons. The highest BCUT2D eigenvalue weighted by Gasteiger charge is 2.25. The summed E-state index contributed by atoms with van der Waals surface area (Å²) in [7, 11) is 0. The Morgan fingerprint density at radius 2 is 1.08 bits per heavy atom. The highest BCUT2D eigenvalue weighted by atomic mass is 35.5. The molecule has 0 bridgehead atoms. The van der Waals surface area contributed by atoms with Crippen molar-refractivity contribution >= 4 is 11.6 Å². The minimum Gasteiger partial charge on any atom is -0.344 e. The van der Waals surface area contributed by atoms with Gasteiger partial charge in [0, 0.05) is 4.87 Å². The van der Waals surface area contributed by atoms with Crippen LogP contribution in [0.5, 0.6) is 0 Å². The van der Waals surface area contributed by atoms with Gasteiger partial charge in [-0.2, -0.15) is 0 Å². The summed E-state index contributed by atoms with van der Waals surface area (Å²) in [6.45, 7) is 7.41. The zero-order valence-electron chi connectivity index (χ0n) is 17.1. The van der Waals surface area contributed by atoms with E-state index < -0.39 is 0 Å². The summed E-state index contributed by atoms with van der Waals surface area (Å²) in [5.41, 5.74) is 5.65. The fourth-order valence-electron chi connectivity index (χ4n) is 3.43. The highest BCUT2D eigenvalue weighted by molar-refractivity contribution is 6.23. The predicted octanol–water partition coefficient (Wildman–Crippen LogP) is 7.61. The van der Waals surface area contributed by atoms with Gasteiger partial charge in [-0.3, -0.25) is 0 Å². The predicted molar refractivity (Wildman–Crippen MR) is 112 cm³/mol. The number of rotatable bonds is 17. The number of halogens is 1. The second kappa shape index (κ2) is 18.0. The van der Waals surface area contributed by atoms with E-state index in [9.17, 15) is 0 Å². The molecule has 0 saturated carbocycles. The first kappa shape index (κ1) is 26.4. The van der Waals surface area contributed by atoms with Crippen LogP contribution in [0, 0.1) is 5.92 Å². The maximum absolute atomic E-state index is 6.54. The summed E-state index contributed by atoms with van der Waals surface area (Å²) in [6.07, 6.45) is 20.6. The third-order valence-electron chi connectivity index (χ3n) is 5.13. The largest absolute Gasteiger partial charge is 0.344 e. The molecule has 0 aliphatic carbocycles. The molecule has 0 spiro atoms. The minimum absolute atomic E-state index is 0. The zero-order valence-corrected chi connectivity index (χ0v) is 17.8. The van der Waals surface area contributed by atoms with Crippen molar-refractivity contribution in [2.75, 3.05) is 6.54 Å². The zero-order chi connectivity index (χ0) is 17.4. The van der Waals surface area contributed by atoms with Crippen molar-refractivity contribution in [3.05, 3.63) is 0 Å². The van der Waals surface area contributed by atoms with Gasteiger partial charge in [-0.05, 0) is 45.6 Å². The molecule has 0 aromatic rings. The van der Waals surface area contributed by atoms with Gasteiger partial charge < -0.3 is 11.9 Å². The maximum atomic E-state index is 6.54. The third kappa shape index (κ3) is 17.0. The molecule has 0 aromatic heterocycles. The molecular formula is C21H47ClN2. The Bertz CT molecular complexity index is 238. The Morgan fingerprint density at radius 3 is 1.46 bits per heavy atom. The smallest absolute Gasteiger partial charge is 0.0418 e. The number of hydrogen-bond acceptors (Lipinski definition) is 2. The Morgan fingerprint density at radius 1 is 0.708 bits per heavy atom. The van der Waals surface area contributed by atoms with Crippen LogP contribution in [-0.4, -0.2) is 11.4 Å². The lowest BCUT2D eigenvalue weighted by molar-refractivity contribution is 0.341. The molecule has 3 heteroatoms. The lowest BCUT2D eigenvalue weighted by atomic mass is 9.85. The monoisotopic (exact) mass is 362 g/mol. The van der Waals surface area contributed by atoms with Gasteiger partial charge in [-0.15, -0.1) is 11.6 Å². The van der Waals surface area contributed by atoms with Crippen LogP contribution in [-0.2, 0) is 0 Å². The SMILES string of the molecule is CCCCCCCCCCCCCCC(CCCN)C(C)(C)Cl.N. The van der Waals surface area contributed by atoms with E-state index >= 15 is 0 Å². The van der Waals surface area contributed by atoms with Crippen molar-refractivity contribution in [3.63, 3.8) is 0 Å². The molecule has 1 unspecified atom stereocenters. The van der Waals surface area contributed by atoms with Crippen molar-refractivity contribution in [2.45, 2.75) is 122 Å². The molecule has 24 heavy (non-hydrogen) atoms. The topological polar surface area (TPSA) is 61.0 Å². The Balaban J connectivity index is 0. The maximum Gasteiger partial charge on any atom is 0.0418 e. The van der Waals surface area contributed by atoms with Crippen LogP contribution in [0.1, 0.15) is 117 Å². The van der Waals surface area contributed by atoms with Gasteiger partial charge in [0.1, 0.15) is 0 Å². The number of hydrogen-bond donors (Lipinski definition) is 2. The Kier molecular flexibility index (Phi) is 19.8. The first-order chi connectivity index (χ1) is 11.0. The molecule has 0 saturated heterocycles. The number of alkyl halides is 1. The van der Waals surface area contributed by atoms with E-state index in [1.54, 1.807) is 0 Å². The van der Waals surface area contributed by atoms with Gasteiger partial charge in [0.05, 0.1) is 0 Å². The van der Waals surface area contributed by atoms with Crippen LogP contribution in [0.3, 0.4) is 0 Å². The van der Waals surface area contributed by atoms with Crippen molar-refractivity contribution in [2.24, 2.45) is 11.7 Å². The molecule has 0 heterocycles. The fraction of sp³-hybridized carbons (Fsp3) is 1.00. The quantitative estimate of drug-likeness (QED) is 0.206. The Hall–Kier alpha value is 0.210. The Labute approximate surface area is 158 Å². The van der Waals surface area contributed by atoms with Crippen molar-refractivity contribution < 1.29 is 0 Å². The van der Waals surface area contributed by atoms with E-state index in [-0.39, 0.29) is 11.0 Å². The van der Waals surface area contributed by atoms with Gasteiger partial charge >= 0.3 is 0 Å². The van der Waals surface area contributed by atoms with E-state index in [2.05, 4.69) is 20.8 Å². The van der Waals surface area contributed by atoms with Crippen LogP contribution in [0.2, 0.25) is 0 Å². The molecule has 2 nitrogen and oxygen atoms in total. The normalized spacial score (nSPS) is 12.9. The molecule has 0 amide bonds. The summed E-state index contributed by atoms with van der Waals surface area (Å²) in [4.78, 5) is -0.0764. The van der Waals surface area contributed by atoms with Gasteiger partial charge in [0.2, 0.25) is 0 Å². The average Bonchev–Trinajstić information content (AvgIpc) is 2.50. The molecule has 148 valence electrons. The lowest BCUT2D eigenvalue weighted by Gasteiger charge is -2.28. The number of unbranched alkanes of at least 4 members (excludes halogenated alkanes) is 11. The molecule has 0 aliphatic rings. The summed E-state index contributed by atoms with van der Waals surface area (Å²) in [6, 6.07) is 0. The molecule has 0 aliphatic heterocycles. The first-order valence-electron chi connectivity index (χ1n) is 10.4.